The largest absolute Gasteiger partial charge is 0.368 e. The number of aromatic nitrogens is 2. The first-order valence-electron chi connectivity index (χ1n) is 8.59. The van der Waals surface area contributed by atoms with E-state index in [0.29, 0.717) is 23.1 Å². The summed E-state index contributed by atoms with van der Waals surface area (Å²) in [4.78, 5) is 9.43. The van der Waals surface area contributed by atoms with Crippen LogP contribution in [0.3, 0.4) is 0 Å². The van der Waals surface area contributed by atoms with Crippen molar-refractivity contribution in [3.63, 3.8) is 0 Å². The first-order valence-corrected chi connectivity index (χ1v) is 10.5. The number of sulfone groups is 1. The fourth-order valence-electron chi connectivity index (χ4n) is 2.55. The van der Waals surface area contributed by atoms with Gasteiger partial charge in [0, 0.05) is 29.6 Å². The predicted molar refractivity (Wildman–Crippen MR) is 109 cm³/mol. The quantitative estimate of drug-likeness (QED) is 0.667. The normalized spacial score (nSPS) is 11.4. The number of anilines is 3. The Morgan fingerprint density at radius 1 is 0.889 bits per heavy atom. The molecule has 27 heavy (non-hydrogen) atoms. The summed E-state index contributed by atoms with van der Waals surface area (Å²) in [7, 11) is -3.28. The van der Waals surface area contributed by atoms with Crippen LogP contribution in [0, 0.1) is 0 Å². The molecule has 0 radical (unpaired) electrons. The van der Waals surface area contributed by atoms with Gasteiger partial charge in [-0.3, -0.25) is 0 Å². The van der Waals surface area contributed by atoms with Gasteiger partial charge in [0.25, 0.3) is 0 Å². The zero-order valence-corrected chi connectivity index (χ0v) is 16.3. The van der Waals surface area contributed by atoms with Crippen LogP contribution in [0.4, 0.5) is 17.3 Å². The van der Waals surface area contributed by atoms with Crippen molar-refractivity contribution in [1.29, 1.82) is 0 Å². The van der Waals surface area contributed by atoms with Gasteiger partial charge in [-0.15, -0.1) is 0 Å². The number of nitrogens with zero attached hydrogens (tertiary/aromatic N) is 2. The number of hydrogen-bond acceptors (Lipinski definition) is 6. The summed E-state index contributed by atoms with van der Waals surface area (Å²) in [5.74, 6) is 1.86. The second-order valence-electron chi connectivity index (χ2n) is 6.55. The van der Waals surface area contributed by atoms with E-state index >= 15 is 0 Å². The zero-order chi connectivity index (χ0) is 19.4. The highest BCUT2D eigenvalue weighted by molar-refractivity contribution is 7.90. The zero-order valence-electron chi connectivity index (χ0n) is 15.5. The smallest absolute Gasteiger partial charge is 0.175 e. The lowest BCUT2D eigenvalue weighted by Gasteiger charge is -2.14. The van der Waals surface area contributed by atoms with Crippen LogP contribution in [0.1, 0.15) is 13.8 Å². The number of benzene rings is 2. The Morgan fingerprint density at radius 3 is 2.26 bits per heavy atom. The van der Waals surface area contributed by atoms with Gasteiger partial charge in [0.1, 0.15) is 11.6 Å². The number of nitrogens with one attached hydrogen (secondary N) is 2. The van der Waals surface area contributed by atoms with Crippen LogP contribution >= 0.6 is 0 Å². The van der Waals surface area contributed by atoms with Crippen LogP contribution in [0.2, 0.25) is 0 Å². The van der Waals surface area contributed by atoms with Crippen LogP contribution in [-0.2, 0) is 9.84 Å². The van der Waals surface area contributed by atoms with E-state index < -0.39 is 9.84 Å². The molecule has 3 aromatic rings. The Labute approximate surface area is 159 Å². The Balaban J connectivity index is 1.99. The lowest BCUT2D eigenvalue weighted by atomic mass is 10.2. The molecule has 1 heterocycles. The van der Waals surface area contributed by atoms with Gasteiger partial charge in [-0.25, -0.2) is 18.4 Å². The molecule has 0 spiro atoms. The average Bonchev–Trinajstić information content (AvgIpc) is 2.61. The monoisotopic (exact) mass is 382 g/mol. The first kappa shape index (κ1) is 18.8. The van der Waals surface area contributed by atoms with Crippen molar-refractivity contribution in [2.75, 3.05) is 16.9 Å². The van der Waals surface area contributed by atoms with Gasteiger partial charge >= 0.3 is 0 Å². The molecule has 0 saturated heterocycles. The minimum absolute atomic E-state index is 0.213. The molecule has 0 aliphatic carbocycles. The summed E-state index contributed by atoms with van der Waals surface area (Å²) in [6.07, 6.45) is 1.19. The van der Waals surface area contributed by atoms with E-state index in [1.807, 2.05) is 44.2 Å². The van der Waals surface area contributed by atoms with E-state index in [1.54, 1.807) is 30.3 Å². The fourth-order valence-corrected chi connectivity index (χ4v) is 3.22. The van der Waals surface area contributed by atoms with Crippen molar-refractivity contribution >= 4 is 27.2 Å². The summed E-state index contributed by atoms with van der Waals surface area (Å²) in [5.41, 5.74) is 1.55. The van der Waals surface area contributed by atoms with Crippen molar-refractivity contribution in [3.8, 4) is 11.4 Å². The maximum atomic E-state index is 11.8. The van der Waals surface area contributed by atoms with Gasteiger partial charge in [-0.2, -0.15) is 0 Å². The summed E-state index contributed by atoms with van der Waals surface area (Å²) >= 11 is 0. The van der Waals surface area contributed by atoms with Gasteiger partial charge in [-0.1, -0.05) is 36.4 Å². The Morgan fingerprint density at radius 2 is 1.59 bits per heavy atom. The molecule has 0 amide bonds. The summed E-state index contributed by atoms with van der Waals surface area (Å²) in [6.45, 7) is 4.07. The van der Waals surface area contributed by atoms with Gasteiger partial charge in [-0.05, 0) is 32.0 Å². The Bertz CT molecular complexity index is 1030. The predicted octanol–water partition coefficient (Wildman–Crippen LogP) is 4.11. The van der Waals surface area contributed by atoms with Crippen LogP contribution in [-0.4, -0.2) is 30.7 Å². The molecule has 0 unspecified atom stereocenters. The lowest BCUT2D eigenvalue weighted by Crippen LogP contribution is -2.12. The third kappa shape index (κ3) is 5.04. The minimum atomic E-state index is -3.28. The molecule has 2 N–H and O–H groups in total. The van der Waals surface area contributed by atoms with Gasteiger partial charge in [0.15, 0.2) is 15.7 Å². The Kier molecular flexibility index (Phi) is 5.41. The Hall–Kier alpha value is -2.93. The van der Waals surface area contributed by atoms with Gasteiger partial charge in [0.2, 0.25) is 0 Å². The van der Waals surface area contributed by atoms with Gasteiger partial charge < -0.3 is 10.6 Å². The number of rotatable bonds is 6. The third-order valence-corrected chi connectivity index (χ3v) is 4.84. The molecule has 2 aromatic carbocycles. The van der Waals surface area contributed by atoms with E-state index in [4.69, 9.17) is 0 Å². The maximum Gasteiger partial charge on any atom is 0.175 e. The first-order chi connectivity index (χ1) is 12.8. The van der Waals surface area contributed by atoms with Crippen molar-refractivity contribution in [2.24, 2.45) is 0 Å². The molecule has 0 fully saturated rings. The molecular formula is C20H22N4O2S. The highest BCUT2D eigenvalue weighted by Crippen LogP contribution is 2.24. The lowest BCUT2D eigenvalue weighted by molar-refractivity contribution is 0.602. The van der Waals surface area contributed by atoms with Crippen molar-refractivity contribution < 1.29 is 8.42 Å². The van der Waals surface area contributed by atoms with Crippen LogP contribution in [0.25, 0.3) is 11.4 Å². The van der Waals surface area contributed by atoms with E-state index in [0.717, 1.165) is 5.56 Å². The third-order valence-electron chi connectivity index (χ3n) is 3.73. The molecule has 7 heteroatoms. The highest BCUT2D eigenvalue weighted by Gasteiger charge is 2.10. The van der Waals surface area contributed by atoms with E-state index in [2.05, 4.69) is 20.6 Å². The molecule has 0 atom stereocenters. The molecule has 0 aliphatic rings. The van der Waals surface area contributed by atoms with Crippen LogP contribution in [0.5, 0.6) is 0 Å². The van der Waals surface area contributed by atoms with Crippen LogP contribution < -0.4 is 10.6 Å². The molecular weight excluding hydrogens is 360 g/mol. The molecule has 6 nitrogen and oxygen atoms in total. The fraction of sp³-hybridized carbons (Fsp3) is 0.200. The van der Waals surface area contributed by atoms with Gasteiger partial charge in [0.05, 0.1) is 4.90 Å². The maximum absolute atomic E-state index is 11.8. The molecule has 140 valence electrons. The summed E-state index contributed by atoms with van der Waals surface area (Å²) < 4.78 is 23.6. The second kappa shape index (κ2) is 7.75. The number of hydrogen-bond donors (Lipinski definition) is 2. The molecule has 0 bridgehead atoms. The van der Waals surface area contributed by atoms with E-state index in [1.165, 1.54) is 6.26 Å². The summed E-state index contributed by atoms with van der Waals surface area (Å²) in [5, 5.41) is 6.47. The minimum Gasteiger partial charge on any atom is -0.368 e. The SMILES string of the molecule is CC(C)Nc1cc(Nc2cccc(S(C)(=O)=O)c2)nc(-c2ccccc2)n1. The molecule has 3 rings (SSSR count). The molecule has 0 saturated carbocycles. The van der Waals surface area contributed by atoms with Crippen molar-refractivity contribution in [3.05, 3.63) is 60.7 Å². The summed E-state index contributed by atoms with van der Waals surface area (Å²) in [6, 6.07) is 18.4. The van der Waals surface area contributed by atoms with Crippen LogP contribution in [0.15, 0.2) is 65.6 Å². The second-order valence-corrected chi connectivity index (χ2v) is 8.57. The molecule has 0 aliphatic heterocycles. The highest BCUT2D eigenvalue weighted by atomic mass is 32.2. The van der Waals surface area contributed by atoms with E-state index in [9.17, 15) is 8.42 Å². The standard InChI is InChI=1S/C20H22N4O2S/c1-14(2)21-18-13-19(24-20(23-18)15-8-5-4-6-9-15)22-16-10-7-11-17(12-16)27(3,25)26/h4-14H,1-3H3,(H2,21,22,23,24). The topological polar surface area (TPSA) is 84.0 Å². The average molecular weight is 382 g/mol. The van der Waals surface area contributed by atoms with Crippen molar-refractivity contribution in [2.45, 2.75) is 24.8 Å². The molecule has 1 aromatic heterocycles. The van der Waals surface area contributed by atoms with E-state index in [-0.39, 0.29) is 10.9 Å². The van der Waals surface area contributed by atoms with Crippen molar-refractivity contribution in [1.82, 2.24) is 9.97 Å².